The zero-order chi connectivity index (χ0) is 33.6. The zero-order valence-corrected chi connectivity index (χ0v) is 28.4. The van der Waals surface area contributed by atoms with Crippen LogP contribution in [0.15, 0.2) is 30.3 Å². The van der Waals surface area contributed by atoms with Gasteiger partial charge in [-0.15, -0.1) is 0 Å². The number of piperidine rings is 1. The third kappa shape index (κ3) is 7.20. The summed E-state index contributed by atoms with van der Waals surface area (Å²) in [5.74, 6) is -2.50. The van der Waals surface area contributed by atoms with Crippen molar-refractivity contribution in [2.75, 3.05) is 31.6 Å². The number of nitrogens with zero attached hydrogens (tertiary/aromatic N) is 3. The maximum Gasteiger partial charge on any atom is 0.337 e. The summed E-state index contributed by atoms with van der Waals surface area (Å²) in [6.07, 6.45) is 1.59. The second-order valence-corrected chi connectivity index (χ2v) is 14.5. The molecule has 0 radical (unpaired) electrons. The zero-order valence-electron chi connectivity index (χ0n) is 28.4. The second-order valence-electron chi connectivity index (χ2n) is 14.5. The highest BCUT2D eigenvalue weighted by Gasteiger charge is 2.36. The number of carboxylic acid groups (broad SMARTS) is 1. The Kier molecular flexibility index (Phi) is 9.49. The SMILES string of the molecule is COc1cc(F)c(F)cc1CN1CCc2cc(-c3c(C)nc(C)c(C(OC(C)(C)C)C(=O)O)c3N3CCC(C)(C)CC3)ccc2C1. The quantitative estimate of drug-likeness (QED) is 0.271. The van der Waals surface area contributed by atoms with Gasteiger partial charge in [-0.3, -0.25) is 9.88 Å². The van der Waals surface area contributed by atoms with E-state index in [0.717, 1.165) is 73.0 Å². The first-order valence-electron chi connectivity index (χ1n) is 16.1. The van der Waals surface area contributed by atoms with E-state index >= 15 is 0 Å². The molecule has 1 unspecified atom stereocenters. The van der Waals surface area contributed by atoms with E-state index in [1.54, 1.807) is 0 Å². The number of carbonyl (C=O) groups is 1. The predicted octanol–water partition coefficient (Wildman–Crippen LogP) is 7.78. The summed E-state index contributed by atoms with van der Waals surface area (Å²) < 4.78 is 39.4. The second kappa shape index (κ2) is 12.9. The van der Waals surface area contributed by atoms with Crippen molar-refractivity contribution in [2.24, 2.45) is 5.41 Å². The van der Waals surface area contributed by atoms with Crippen LogP contribution >= 0.6 is 0 Å². The lowest BCUT2D eigenvalue weighted by atomic mass is 9.81. The first-order chi connectivity index (χ1) is 21.6. The molecule has 46 heavy (non-hydrogen) atoms. The highest BCUT2D eigenvalue weighted by Crippen LogP contribution is 2.45. The first-order valence-corrected chi connectivity index (χ1v) is 16.1. The van der Waals surface area contributed by atoms with Crippen molar-refractivity contribution in [1.29, 1.82) is 0 Å². The van der Waals surface area contributed by atoms with Crippen LogP contribution in [0.4, 0.5) is 14.5 Å². The summed E-state index contributed by atoms with van der Waals surface area (Å²) in [7, 11) is 1.46. The molecule has 1 atom stereocenters. The number of anilines is 1. The molecule has 0 aliphatic carbocycles. The number of hydrogen-bond acceptors (Lipinski definition) is 6. The Morgan fingerprint density at radius 2 is 1.70 bits per heavy atom. The Morgan fingerprint density at radius 1 is 1.02 bits per heavy atom. The number of fused-ring (bicyclic) bond motifs is 1. The van der Waals surface area contributed by atoms with Crippen molar-refractivity contribution in [1.82, 2.24) is 9.88 Å². The fourth-order valence-electron chi connectivity index (χ4n) is 6.78. The number of aryl methyl sites for hydroxylation is 2. The third-order valence-electron chi connectivity index (χ3n) is 9.27. The molecule has 3 aromatic rings. The van der Waals surface area contributed by atoms with Gasteiger partial charge in [0.2, 0.25) is 0 Å². The normalized spacial score (nSPS) is 17.5. The molecule has 2 aromatic carbocycles. The molecular weight excluding hydrogens is 588 g/mol. The number of hydrogen-bond donors (Lipinski definition) is 1. The molecule has 0 saturated carbocycles. The summed E-state index contributed by atoms with van der Waals surface area (Å²) in [4.78, 5) is 22.3. The fourth-order valence-corrected chi connectivity index (χ4v) is 6.78. The Morgan fingerprint density at radius 3 is 2.33 bits per heavy atom. The molecule has 0 bridgehead atoms. The van der Waals surface area contributed by atoms with Crippen molar-refractivity contribution >= 4 is 11.7 Å². The van der Waals surface area contributed by atoms with E-state index in [9.17, 15) is 18.7 Å². The minimum atomic E-state index is -1.17. The van der Waals surface area contributed by atoms with Gasteiger partial charge in [0.15, 0.2) is 17.7 Å². The lowest BCUT2D eigenvalue weighted by molar-refractivity contribution is -0.160. The molecule has 2 aliphatic heterocycles. The van der Waals surface area contributed by atoms with E-state index in [0.29, 0.717) is 35.7 Å². The summed E-state index contributed by atoms with van der Waals surface area (Å²) in [5.41, 5.74) is 7.49. The van der Waals surface area contributed by atoms with Crippen LogP contribution in [0.2, 0.25) is 0 Å². The maximum absolute atomic E-state index is 14.1. The largest absolute Gasteiger partial charge is 0.496 e. The van der Waals surface area contributed by atoms with E-state index in [1.807, 2.05) is 34.6 Å². The van der Waals surface area contributed by atoms with Crippen LogP contribution in [0.25, 0.3) is 11.1 Å². The van der Waals surface area contributed by atoms with Gasteiger partial charge in [-0.1, -0.05) is 32.0 Å². The van der Waals surface area contributed by atoms with Gasteiger partial charge in [-0.25, -0.2) is 13.6 Å². The van der Waals surface area contributed by atoms with Gasteiger partial charge in [0.05, 0.1) is 18.4 Å². The van der Waals surface area contributed by atoms with Gasteiger partial charge in [0.1, 0.15) is 5.75 Å². The minimum Gasteiger partial charge on any atom is -0.496 e. The molecular formula is C37H47F2N3O4. The van der Waals surface area contributed by atoms with E-state index in [-0.39, 0.29) is 5.41 Å². The maximum atomic E-state index is 14.1. The number of carboxylic acids is 1. The molecule has 2 aliphatic rings. The molecule has 9 heteroatoms. The number of aromatic nitrogens is 1. The molecule has 0 spiro atoms. The van der Waals surface area contributed by atoms with E-state index in [2.05, 4.69) is 41.8 Å². The topological polar surface area (TPSA) is 75.1 Å². The first kappa shape index (κ1) is 33.8. The summed E-state index contributed by atoms with van der Waals surface area (Å²) in [6.45, 7) is 17.5. The van der Waals surface area contributed by atoms with Crippen molar-refractivity contribution in [3.63, 3.8) is 0 Å². The van der Waals surface area contributed by atoms with Crippen molar-refractivity contribution < 1.29 is 28.2 Å². The van der Waals surface area contributed by atoms with Gasteiger partial charge >= 0.3 is 5.97 Å². The average Bonchev–Trinajstić information content (AvgIpc) is 2.97. The summed E-state index contributed by atoms with van der Waals surface area (Å²) in [5, 5.41) is 10.5. The van der Waals surface area contributed by atoms with Gasteiger partial charge in [-0.05, 0) is 82.1 Å². The minimum absolute atomic E-state index is 0.212. The lowest BCUT2D eigenvalue weighted by Gasteiger charge is -2.41. The Balaban J connectivity index is 1.55. The van der Waals surface area contributed by atoms with Gasteiger partial charge < -0.3 is 19.5 Å². The van der Waals surface area contributed by atoms with Crippen molar-refractivity contribution in [3.05, 3.63) is 75.6 Å². The molecule has 3 heterocycles. The van der Waals surface area contributed by atoms with E-state index in [4.69, 9.17) is 14.5 Å². The fraction of sp³-hybridized carbons (Fsp3) is 0.514. The molecule has 1 fully saturated rings. The van der Waals surface area contributed by atoms with Crippen LogP contribution in [0.3, 0.4) is 0 Å². The molecule has 5 rings (SSSR count). The molecule has 1 aromatic heterocycles. The highest BCUT2D eigenvalue weighted by molar-refractivity contribution is 5.88. The van der Waals surface area contributed by atoms with Crippen LogP contribution in [-0.2, 0) is 29.0 Å². The summed E-state index contributed by atoms with van der Waals surface area (Å²) >= 11 is 0. The van der Waals surface area contributed by atoms with Crippen molar-refractivity contribution in [2.45, 2.75) is 92.5 Å². The van der Waals surface area contributed by atoms with Gasteiger partial charge in [-0.2, -0.15) is 0 Å². The van der Waals surface area contributed by atoms with Crippen molar-refractivity contribution in [3.8, 4) is 16.9 Å². The Bertz CT molecular complexity index is 1620. The Labute approximate surface area is 271 Å². The molecule has 248 valence electrons. The summed E-state index contributed by atoms with van der Waals surface area (Å²) in [6, 6.07) is 8.76. The number of benzene rings is 2. The third-order valence-corrected chi connectivity index (χ3v) is 9.27. The van der Waals surface area contributed by atoms with E-state index in [1.165, 1.54) is 18.7 Å². The predicted molar refractivity (Wildman–Crippen MR) is 176 cm³/mol. The van der Waals surface area contributed by atoms with Crippen LogP contribution in [0, 0.1) is 30.9 Å². The average molecular weight is 636 g/mol. The van der Waals surface area contributed by atoms with E-state index < -0.39 is 29.3 Å². The highest BCUT2D eigenvalue weighted by atomic mass is 19.2. The van der Waals surface area contributed by atoms with Gasteiger partial charge in [0.25, 0.3) is 0 Å². The molecule has 7 nitrogen and oxygen atoms in total. The number of methoxy groups -OCH3 is 1. The van der Waals surface area contributed by atoms with Crippen LogP contribution in [0.5, 0.6) is 5.75 Å². The van der Waals surface area contributed by atoms with Crippen LogP contribution < -0.4 is 9.64 Å². The molecule has 0 amide bonds. The Hall–Kier alpha value is -3.56. The number of aliphatic carboxylic acids is 1. The molecule has 1 saturated heterocycles. The number of rotatable bonds is 8. The monoisotopic (exact) mass is 635 g/mol. The number of pyridine rings is 1. The van der Waals surface area contributed by atoms with Gasteiger partial charge in [0, 0.05) is 66.9 Å². The number of ether oxygens (including phenoxy) is 2. The number of halogens is 2. The smallest absolute Gasteiger partial charge is 0.337 e. The lowest BCUT2D eigenvalue weighted by Crippen LogP contribution is -2.39. The van der Waals surface area contributed by atoms with Crippen LogP contribution in [0.1, 0.15) is 87.2 Å². The molecule has 1 N–H and O–H groups in total. The standard InChI is InChI=1S/C37H47F2N3O4/c1-22-31(25-9-10-26-20-41(14-11-24(26)17-25)21-27-18-28(38)29(39)19-30(27)45-8)33(42-15-12-37(6,7)13-16-42)32(23(2)40-22)34(35(43)44)46-36(3,4)5/h9-10,17-19,34H,11-16,20-21H2,1-8H3,(H,43,44). The van der Waals surface area contributed by atoms with Crippen LogP contribution in [-0.4, -0.2) is 53.3 Å².